The highest BCUT2D eigenvalue weighted by Gasteiger charge is 2.39. The van der Waals surface area contributed by atoms with E-state index in [2.05, 4.69) is 16.0 Å². The summed E-state index contributed by atoms with van der Waals surface area (Å²) < 4.78 is 0. The summed E-state index contributed by atoms with van der Waals surface area (Å²) in [4.78, 5) is 63.3. The number of benzene rings is 1. The molecule has 0 aliphatic carbocycles. The Hall–Kier alpha value is -3.47. The van der Waals surface area contributed by atoms with Gasteiger partial charge < -0.3 is 31.1 Å². The summed E-state index contributed by atoms with van der Waals surface area (Å²) >= 11 is 0. The number of amides is 3. The quantitative estimate of drug-likeness (QED) is 0.288. The van der Waals surface area contributed by atoms with E-state index in [9.17, 15) is 29.1 Å². The van der Waals surface area contributed by atoms with E-state index >= 15 is 0 Å². The minimum atomic E-state index is -1.26. The number of nitrogens with zero attached hydrogens (tertiary/aromatic N) is 1. The number of likely N-dealkylation sites (tertiary alicyclic amines) is 1. The third-order valence-electron chi connectivity index (χ3n) is 6.37. The van der Waals surface area contributed by atoms with Crippen molar-refractivity contribution in [2.75, 3.05) is 13.1 Å². The maximum absolute atomic E-state index is 13.1. The molecule has 0 aromatic heterocycles. The molecular weight excluding hydrogens is 456 g/mol. The molecule has 4 atom stereocenters. The zero-order chi connectivity index (χ0) is 25.4. The van der Waals surface area contributed by atoms with Crippen molar-refractivity contribution < 1.29 is 34.2 Å². The average molecular weight is 489 g/mol. The number of aliphatic carboxylic acids is 2. The maximum atomic E-state index is 13.1. The number of carbonyl (C=O) groups is 5. The number of rotatable bonds is 11. The van der Waals surface area contributed by atoms with Crippen LogP contribution < -0.4 is 16.0 Å². The van der Waals surface area contributed by atoms with Gasteiger partial charge in [-0.05, 0) is 44.2 Å². The van der Waals surface area contributed by atoms with Crippen molar-refractivity contribution in [3.63, 3.8) is 0 Å². The molecule has 2 fully saturated rings. The lowest BCUT2D eigenvalue weighted by Crippen LogP contribution is -2.56. The maximum Gasteiger partial charge on any atom is 0.326 e. The first-order chi connectivity index (χ1) is 16.8. The average Bonchev–Trinajstić information content (AvgIpc) is 3.54. The van der Waals surface area contributed by atoms with Crippen LogP contribution in [0.4, 0.5) is 0 Å². The minimum absolute atomic E-state index is 0.0286. The van der Waals surface area contributed by atoms with E-state index in [0.29, 0.717) is 31.4 Å². The molecule has 11 nitrogen and oxygen atoms in total. The van der Waals surface area contributed by atoms with Gasteiger partial charge in [0.25, 0.3) is 0 Å². The Morgan fingerprint density at radius 1 is 1.00 bits per heavy atom. The molecular formula is C24H32N4O7. The van der Waals surface area contributed by atoms with Crippen LogP contribution in [0.25, 0.3) is 0 Å². The van der Waals surface area contributed by atoms with Crippen molar-refractivity contribution in [2.45, 2.75) is 69.1 Å². The number of carbonyl (C=O) groups excluding carboxylic acids is 3. The number of carboxylic acids is 2. The number of carboxylic acid groups (broad SMARTS) is 2. The summed E-state index contributed by atoms with van der Waals surface area (Å²) in [6.45, 7) is 1.17. The van der Waals surface area contributed by atoms with Gasteiger partial charge in [0.15, 0.2) is 0 Å². The number of hydrogen-bond acceptors (Lipinski definition) is 6. The van der Waals surface area contributed by atoms with Crippen LogP contribution in [0.1, 0.15) is 44.1 Å². The molecule has 2 saturated heterocycles. The zero-order valence-corrected chi connectivity index (χ0v) is 19.4. The van der Waals surface area contributed by atoms with E-state index in [1.54, 1.807) is 30.3 Å². The van der Waals surface area contributed by atoms with Crippen LogP contribution in [0.3, 0.4) is 0 Å². The van der Waals surface area contributed by atoms with Crippen molar-refractivity contribution in [1.29, 1.82) is 0 Å². The lowest BCUT2D eigenvalue weighted by atomic mass is 10.0. The third-order valence-corrected chi connectivity index (χ3v) is 6.37. The molecule has 5 N–H and O–H groups in total. The van der Waals surface area contributed by atoms with E-state index in [1.165, 1.54) is 4.90 Å². The molecule has 11 heteroatoms. The first-order valence-corrected chi connectivity index (χ1v) is 11.9. The summed E-state index contributed by atoms with van der Waals surface area (Å²) in [5.74, 6) is -3.88. The van der Waals surface area contributed by atoms with Gasteiger partial charge in [0.1, 0.15) is 18.1 Å². The molecule has 0 spiro atoms. The monoisotopic (exact) mass is 488 g/mol. The van der Waals surface area contributed by atoms with E-state index in [-0.39, 0.29) is 24.8 Å². The molecule has 4 unspecified atom stereocenters. The highest BCUT2D eigenvalue weighted by Crippen LogP contribution is 2.21. The van der Waals surface area contributed by atoms with Crippen molar-refractivity contribution >= 4 is 29.7 Å². The summed E-state index contributed by atoms with van der Waals surface area (Å²) in [6, 6.07) is 5.16. The van der Waals surface area contributed by atoms with Gasteiger partial charge in [-0.1, -0.05) is 30.3 Å². The molecule has 1 aromatic rings. The Morgan fingerprint density at radius 3 is 2.37 bits per heavy atom. The SMILES string of the molecule is O=C(O)CCC(NC(=O)C1CCCN1C(=O)C1CCCN1)C(=O)NC(Cc1ccccc1)C(=O)O. The van der Waals surface area contributed by atoms with Gasteiger partial charge in [0.05, 0.1) is 6.04 Å². The fraction of sp³-hybridized carbons (Fsp3) is 0.542. The molecule has 2 heterocycles. The highest BCUT2D eigenvalue weighted by atomic mass is 16.4. The summed E-state index contributed by atoms with van der Waals surface area (Å²) in [5, 5.41) is 26.8. The molecule has 0 radical (unpaired) electrons. The second-order valence-corrected chi connectivity index (χ2v) is 8.92. The topological polar surface area (TPSA) is 165 Å². The van der Waals surface area contributed by atoms with Gasteiger partial charge in [-0.15, -0.1) is 0 Å². The zero-order valence-electron chi connectivity index (χ0n) is 19.4. The van der Waals surface area contributed by atoms with Gasteiger partial charge in [0, 0.05) is 19.4 Å². The number of nitrogens with one attached hydrogen (secondary N) is 3. The van der Waals surface area contributed by atoms with Gasteiger partial charge in [0.2, 0.25) is 17.7 Å². The van der Waals surface area contributed by atoms with E-state index in [4.69, 9.17) is 5.11 Å². The normalized spacial score (nSPS) is 21.2. The van der Waals surface area contributed by atoms with Crippen LogP contribution in [0.5, 0.6) is 0 Å². The van der Waals surface area contributed by atoms with Crippen LogP contribution in [0.2, 0.25) is 0 Å². The van der Waals surface area contributed by atoms with Gasteiger partial charge in [-0.25, -0.2) is 4.79 Å². The fourth-order valence-corrected chi connectivity index (χ4v) is 4.53. The van der Waals surface area contributed by atoms with Crippen LogP contribution in [0.15, 0.2) is 30.3 Å². The Bertz CT molecular complexity index is 933. The molecule has 3 rings (SSSR count). The van der Waals surface area contributed by atoms with E-state index in [1.807, 2.05) is 0 Å². The van der Waals surface area contributed by atoms with Crippen molar-refractivity contribution in [2.24, 2.45) is 0 Å². The molecule has 1 aromatic carbocycles. The first kappa shape index (κ1) is 26.1. The molecule has 0 saturated carbocycles. The van der Waals surface area contributed by atoms with Gasteiger partial charge >= 0.3 is 11.9 Å². The lowest BCUT2D eigenvalue weighted by Gasteiger charge is -2.28. The van der Waals surface area contributed by atoms with Crippen LogP contribution >= 0.6 is 0 Å². The summed E-state index contributed by atoms with van der Waals surface area (Å²) in [7, 11) is 0. The van der Waals surface area contributed by atoms with Crippen LogP contribution in [-0.4, -0.2) is 82.0 Å². The molecule has 35 heavy (non-hydrogen) atoms. The highest BCUT2D eigenvalue weighted by molar-refractivity contribution is 5.94. The third kappa shape index (κ3) is 7.25. The Balaban J connectivity index is 1.68. The second kappa shape index (κ2) is 12.3. The van der Waals surface area contributed by atoms with E-state index in [0.717, 1.165) is 13.0 Å². The predicted octanol–water partition coefficient (Wildman–Crippen LogP) is -0.109. The Kier molecular flexibility index (Phi) is 9.18. The van der Waals surface area contributed by atoms with Gasteiger partial charge in [-0.2, -0.15) is 0 Å². The Morgan fingerprint density at radius 2 is 1.74 bits per heavy atom. The molecule has 190 valence electrons. The Labute approximate surface area is 203 Å². The minimum Gasteiger partial charge on any atom is -0.481 e. The molecule has 2 aliphatic rings. The molecule has 2 aliphatic heterocycles. The lowest BCUT2D eigenvalue weighted by molar-refractivity contribution is -0.143. The first-order valence-electron chi connectivity index (χ1n) is 11.9. The second-order valence-electron chi connectivity index (χ2n) is 8.92. The van der Waals surface area contributed by atoms with Crippen molar-refractivity contribution in [1.82, 2.24) is 20.9 Å². The standard InChI is InChI=1S/C24H32N4O7/c29-20(30)11-10-16(21(31)27-18(24(34)35)14-15-6-2-1-3-7-15)26-22(32)19-9-5-13-28(19)23(33)17-8-4-12-25-17/h1-3,6-7,16-19,25H,4-5,8-14H2,(H,26,32)(H,27,31)(H,29,30)(H,34,35). The van der Waals surface area contributed by atoms with Crippen molar-refractivity contribution in [3.8, 4) is 0 Å². The van der Waals surface area contributed by atoms with Crippen LogP contribution in [0, 0.1) is 0 Å². The van der Waals surface area contributed by atoms with Crippen molar-refractivity contribution in [3.05, 3.63) is 35.9 Å². The van der Waals surface area contributed by atoms with Crippen LogP contribution in [-0.2, 0) is 30.4 Å². The summed E-state index contributed by atoms with van der Waals surface area (Å²) in [6.07, 6.45) is 2.08. The predicted molar refractivity (Wildman–Crippen MR) is 124 cm³/mol. The largest absolute Gasteiger partial charge is 0.481 e. The molecule has 0 bridgehead atoms. The fourth-order valence-electron chi connectivity index (χ4n) is 4.53. The summed E-state index contributed by atoms with van der Waals surface area (Å²) in [5.41, 5.74) is 0.701. The van der Waals surface area contributed by atoms with E-state index < -0.39 is 48.3 Å². The molecule has 3 amide bonds. The number of hydrogen-bond donors (Lipinski definition) is 5. The smallest absolute Gasteiger partial charge is 0.326 e. The van der Waals surface area contributed by atoms with Gasteiger partial charge in [-0.3, -0.25) is 19.2 Å².